The van der Waals surface area contributed by atoms with Crippen LogP contribution in [-0.4, -0.2) is 27.0 Å². The van der Waals surface area contributed by atoms with E-state index in [0.29, 0.717) is 12.2 Å². The van der Waals surface area contributed by atoms with Crippen molar-refractivity contribution in [2.45, 2.75) is 64.1 Å². The van der Waals surface area contributed by atoms with Crippen LogP contribution in [0.5, 0.6) is 0 Å². The van der Waals surface area contributed by atoms with E-state index in [2.05, 4.69) is 17.3 Å². The highest BCUT2D eigenvalue weighted by molar-refractivity contribution is 6.32. The average Bonchev–Trinajstić information content (AvgIpc) is 2.45. The second kappa shape index (κ2) is 7.09. The Bertz CT molecular complexity index is 504. The Labute approximate surface area is 124 Å². The summed E-state index contributed by atoms with van der Waals surface area (Å²) in [6.07, 6.45) is 6.89. The zero-order valence-electron chi connectivity index (χ0n) is 11.8. The monoisotopic (exact) mass is 299 g/mol. The van der Waals surface area contributed by atoms with Crippen LogP contribution >= 0.6 is 11.6 Å². The fraction of sp³-hybridized carbons (Fsp3) is 0.714. The Hall–Kier alpha value is -1.07. The van der Waals surface area contributed by atoms with Crippen molar-refractivity contribution >= 4 is 17.3 Å². The van der Waals surface area contributed by atoms with Gasteiger partial charge in [0.05, 0.1) is 24.0 Å². The van der Waals surface area contributed by atoms with Crippen molar-refractivity contribution in [3.63, 3.8) is 0 Å². The van der Waals surface area contributed by atoms with Crippen molar-refractivity contribution in [2.24, 2.45) is 0 Å². The molecule has 1 fully saturated rings. The number of nitrogens with one attached hydrogen (secondary N) is 1. The van der Waals surface area contributed by atoms with Crippen LogP contribution in [0.15, 0.2) is 11.0 Å². The van der Waals surface area contributed by atoms with E-state index in [1.165, 1.54) is 4.68 Å². The minimum atomic E-state index is -0.387. The number of aliphatic hydroxyl groups excluding tert-OH is 1. The van der Waals surface area contributed by atoms with E-state index in [1.54, 1.807) is 6.20 Å². The summed E-state index contributed by atoms with van der Waals surface area (Å²) in [6, 6.07) is -0.0473. The van der Waals surface area contributed by atoms with Crippen LogP contribution < -0.4 is 10.9 Å². The normalized spacial score (nSPS) is 22.8. The van der Waals surface area contributed by atoms with Crippen LogP contribution in [0.25, 0.3) is 0 Å². The molecule has 1 heterocycles. The van der Waals surface area contributed by atoms with E-state index < -0.39 is 0 Å². The molecular weight excluding hydrogens is 278 g/mol. The summed E-state index contributed by atoms with van der Waals surface area (Å²) < 4.78 is 1.40. The number of rotatable bonds is 5. The van der Waals surface area contributed by atoms with Gasteiger partial charge < -0.3 is 10.4 Å². The van der Waals surface area contributed by atoms with Gasteiger partial charge in [0.15, 0.2) is 0 Å². The SMILES string of the molecule is CCCCn1ncc(NC2CCCCC2O)c(Cl)c1=O. The fourth-order valence-corrected chi connectivity index (χ4v) is 2.71. The number of aromatic nitrogens is 2. The van der Waals surface area contributed by atoms with Gasteiger partial charge in [-0.05, 0) is 19.3 Å². The Morgan fingerprint density at radius 1 is 1.50 bits per heavy atom. The molecule has 2 unspecified atom stereocenters. The molecular formula is C14H22ClN3O2. The molecule has 0 spiro atoms. The first kappa shape index (κ1) is 15.3. The summed E-state index contributed by atoms with van der Waals surface area (Å²) in [5.41, 5.74) is 0.255. The molecule has 20 heavy (non-hydrogen) atoms. The van der Waals surface area contributed by atoms with Gasteiger partial charge >= 0.3 is 0 Å². The van der Waals surface area contributed by atoms with Crippen LogP contribution in [0.2, 0.25) is 5.02 Å². The molecule has 2 atom stereocenters. The summed E-state index contributed by atoms with van der Waals surface area (Å²) in [4.78, 5) is 12.1. The second-order valence-electron chi connectivity index (χ2n) is 5.36. The average molecular weight is 300 g/mol. The van der Waals surface area contributed by atoms with Crippen LogP contribution in [-0.2, 0) is 6.54 Å². The molecule has 0 amide bonds. The predicted molar refractivity (Wildman–Crippen MR) is 80.3 cm³/mol. The smallest absolute Gasteiger partial charge is 0.287 e. The number of halogens is 1. The zero-order valence-corrected chi connectivity index (χ0v) is 12.6. The second-order valence-corrected chi connectivity index (χ2v) is 5.73. The molecule has 6 heteroatoms. The van der Waals surface area contributed by atoms with E-state index in [4.69, 9.17) is 11.6 Å². The van der Waals surface area contributed by atoms with Gasteiger partial charge in [0.1, 0.15) is 5.02 Å². The number of hydrogen-bond acceptors (Lipinski definition) is 4. The molecule has 1 aromatic heterocycles. The van der Waals surface area contributed by atoms with Crippen molar-refractivity contribution in [3.8, 4) is 0 Å². The van der Waals surface area contributed by atoms with Crippen LogP contribution in [0.3, 0.4) is 0 Å². The minimum Gasteiger partial charge on any atom is -0.391 e. The van der Waals surface area contributed by atoms with Gasteiger partial charge in [-0.25, -0.2) is 4.68 Å². The first-order valence-electron chi connectivity index (χ1n) is 7.33. The first-order chi connectivity index (χ1) is 9.63. The van der Waals surface area contributed by atoms with Crippen molar-refractivity contribution in [1.82, 2.24) is 9.78 Å². The van der Waals surface area contributed by atoms with E-state index in [-0.39, 0.29) is 22.7 Å². The van der Waals surface area contributed by atoms with Crippen LogP contribution in [0, 0.1) is 0 Å². The van der Waals surface area contributed by atoms with Crippen molar-refractivity contribution < 1.29 is 5.11 Å². The molecule has 1 saturated carbocycles. The maximum atomic E-state index is 12.1. The lowest BCUT2D eigenvalue weighted by molar-refractivity contribution is 0.116. The molecule has 0 saturated heterocycles. The highest BCUT2D eigenvalue weighted by atomic mass is 35.5. The van der Waals surface area contributed by atoms with Gasteiger partial charge in [-0.3, -0.25) is 4.79 Å². The lowest BCUT2D eigenvalue weighted by Gasteiger charge is -2.29. The van der Waals surface area contributed by atoms with Gasteiger partial charge in [0, 0.05) is 6.54 Å². The van der Waals surface area contributed by atoms with E-state index in [0.717, 1.165) is 38.5 Å². The number of unbranched alkanes of at least 4 members (excludes halogenated alkanes) is 1. The summed E-state index contributed by atoms with van der Waals surface area (Å²) >= 11 is 6.13. The van der Waals surface area contributed by atoms with Gasteiger partial charge in [-0.1, -0.05) is 37.8 Å². The largest absolute Gasteiger partial charge is 0.391 e. The van der Waals surface area contributed by atoms with Crippen LogP contribution in [0.1, 0.15) is 45.4 Å². The Balaban J connectivity index is 2.12. The van der Waals surface area contributed by atoms with Crippen molar-refractivity contribution in [1.29, 1.82) is 0 Å². The minimum absolute atomic E-state index is 0.0473. The quantitative estimate of drug-likeness (QED) is 0.876. The highest BCUT2D eigenvalue weighted by Gasteiger charge is 2.24. The number of nitrogens with zero attached hydrogens (tertiary/aromatic N) is 2. The van der Waals surface area contributed by atoms with Crippen molar-refractivity contribution in [3.05, 3.63) is 21.6 Å². The Morgan fingerprint density at radius 2 is 2.25 bits per heavy atom. The van der Waals surface area contributed by atoms with Gasteiger partial charge in [0.25, 0.3) is 5.56 Å². The molecule has 0 aliphatic heterocycles. The lowest BCUT2D eigenvalue weighted by atomic mass is 9.92. The van der Waals surface area contributed by atoms with Crippen molar-refractivity contribution in [2.75, 3.05) is 5.32 Å². The Kier molecular flexibility index (Phi) is 5.43. The molecule has 0 bridgehead atoms. The summed E-state index contributed by atoms with van der Waals surface area (Å²) in [5.74, 6) is 0. The molecule has 0 radical (unpaired) electrons. The maximum absolute atomic E-state index is 12.1. The van der Waals surface area contributed by atoms with E-state index in [9.17, 15) is 9.90 Å². The zero-order chi connectivity index (χ0) is 14.5. The topological polar surface area (TPSA) is 67.2 Å². The van der Waals surface area contributed by atoms with E-state index >= 15 is 0 Å². The molecule has 2 rings (SSSR count). The van der Waals surface area contributed by atoms with Gasteiger partial charge in [0.2, 0.25) is 0 Å². The maximum Gasteiger partial charge on any atom is 0.287 e. The third kappa shape index (κ3) is 3.52. The highest BCUT2D eigenvalue weighted by Crippen LogP contribution is 2.24. The Morgan fingerprint density at radius 3 is 2.95 bits per heavy atom. The number of anilines is 1. The number of aryl methyl sites for hydroxylation is 1. The summed E-state index contributed by atoms with van der Waals surface area (Å²) in [6.45, 7) is 2.65. The fourth-order valence-electron chi connectivity index (χ4n) is 2.51. The third-order valence-electron chi connectivity index (χ3n) is 3.78. The van der Waals surface area contributed by atoms with Crippen LogP contribution in [0.4, 0.5) is 5.69 Å². The molecule has 112 valence electrons. The lowest BCUT2D eigenvalue weighted by Crippen LogP contribution is -2.37. The molecule has 1 aliphatic carbocycles. The molecule has 5 nitrogen and oxygen atoms in total. The molecule has 1 aliphatic rings. The summed E-state index contributed by atoms with van der Waals surface area (Å²) in [5, 5.41) is 17.4. The number of hydrogen-bond donors (Lipinski definition) is 2. The van der Waals surface area contributed by atoms with Gasteiger partial charge in [-0.15, -0.1) is 0 Å². The van der Waals surface area contributed by atoms with E-state index in [1.807, 2.05) is 0 Å². The standard InChI is InChI=1S/C14H22ClN3O2/c1-2-3-8-18-14(20)13(15)11(9-16-18)17-10-6-4-5-7-12(10)19/h9-10,12,17,19H,2-8H2,1H3. The number of aliphatic hydroxyl groups is 1. The predicted octanol–water partition coefficient (Wildman–Crippen LogP) is 2.41. The molecule has 2 N–H and O–H groups in total. The van der Waals surface area contributed by atoms with Gasteiger partial charge in [-0.2, -0.15) is 5.10 Å². The molecule has 1 aromatic rings. The first-order valence-corrected chi connectivity index (χ1v) is 7.71. The summed E-state index contributed by atoms with van der Waals surface area (Å²) in [7, 11) is 0. The molecule has 0 aromatic carbocycles. The third-order valence-corrected chi connectivity index (χ3v) is 4.14.